The van der Waals surface area contributed by atoms with Crippen LogP contribution in [0.2, 0.25) is 36.3 Å². The Hall–Kier alpha value is -5.45. The molecule has 77 heavy (non-hydrogen) atoms. The number of fused-ring (bicyclic) bond motifs is 5. The van der Waals surface area contributed by atoms with Gasteiger partial charge in [-0.2, -0.15) is 0 Å². The summed E-state index contributed by atoms with van der Waals surface area (Å²) in [6.07, 6.45) is -7.88. The first-order valence-corrected chi connectivity index (χ1v) is 32.6. The summed E-state index contributed by atoms with van der Waals surface area (Å²) >= 11 is 0. The van der Waals surface area contributed by atoms with Crippen molar-refractivity contribution in [3.63, 3.8) is 0 Å². The van der Waals surface area contributed by atoms with Crippen molar-refractivity contribution in [3.8, 4) is 0 Å². The smallest absolute Gasteiger partial charge is 0.410 e. The Morgan fingerprint density at radius 2 is 1.40 bits per heavy atom. The van der Waals surface area contributed by atoms with Gasteiger partial charge in [0, 0.05) is 43.8 Å². The van der Waals surface area contributed by atoms with Gasteiger partial charge in [0.2, 0.25) is 0 Å². The third-order valence-electron chi connectivity index (χ3n) is 18.4. The number of benzene rings is 2. The van der Waals surface area contributed by atoms with E-state index in [9.17, 15) is 24.3 Å². The van der Waals surface area contributed by atoms with Crippen LogP contribution in [0.15, 0.2) is 94.6 Å². The molecule has 17 nitrogen and oxygen atoms in total. The zero-order valence-electron chi connectivity index (χ0n) is 46.5. The van der Waals surface area contributed by atoms with Crippen molar-refractivity contribution in [2.45, 2.75) is 179 Å². The average molecular weight is 1100 g/mol. The lowest BCUT2D eigenvalue weighted by atomic mass is 9.44. The number of nitrogens with one attached hydrogen (secondary N) is 1. The summed E-state index contributed by atoms with van der Waals surface area (Å²) in [4.78, 5) is 90.9. The van der Waals surface area contributed by atoms with Crippen LogP contribution in [-0.4, -0.2) is 130 Å². The molecular weight excluding hydrogens is 1020 g/mol. The summed E-state index contributed by atoms with van der Waals surface area (Å²) in [5.41, 5.74) is -6.64. The van der Waals surface area contributed by atoms with E-state index in [-0.39, 0.29) is 29.9 Å². The Morgan fingerprint density at radius 3 is 1.92 bits per heavy atom. The molecular formula is C58H78N2O15Si2. The van der Waals surface area contributed by atoms with Crippen LogP contribution >= 0.6 is 0 Å². The molecule has 8 rings (SSSR count). The number of Topliss-reactive ketones (excluding diaryl/α,β-unsaturated/α-hetero) is 1. The van der Waals surface area contributed by atoms with Crippen LogP contribution in [0.1, 0.15) is 122 Å². The molecule has 2 aliphatic heterocycles. The van der Waals surface area contributed by atoms with E-state index in [1.54, 1.807) is 100 Å². The standard InChI is InChI=1S/C58H78N2O15Si2/c1-12-76(13-2,14-3)74-42-33-43-57(35-69-43,73-54(66)60-30-31-60)48-50(72-52(64)39-27-22-19-23-28-39)58(67)34-41(36(7)44(55(58,9)10)46(70-37(8)61)49(62)56(42,48)11)71-53(65)47(75-77(15-4,16-5)17-6)45(40-29-24-32-68-40)59-51(63)38-25-20-18-21-26-38/h18-29,32,41-43,45-48,50,67H,12-17,30-31,33-35H2,1-11H3,(H,59,63)/t41-,42-,43+,45-,46+,47+,48-,50-,56+,57-,58+/m0/s1. The van der Waals surface area contributed by atoms with Crippen molar-refractivity contribution < 1.29 is 70.8 Å². The fourth-order valence-electron chi connectivity index (χ4n) is 13.0. The van der Waals surface area contributed by atoms with E-state index in [1.165, 1.54) is 18.1 Å². The number of nitrogens with zero attached hydrogens (tertiary/aromatic N) is 1. The van der Waals surface area contributed by atoms with Gasteiger partial charge in [-0.15, -0.1) is 0 Å². The topological polar surface area (TPSA) is 215 Å². The van der Waals surface area contributed by atoms with Gasteiger partial charge in [-0.25, -0.2) is 14.4 Å². The molecule has 0 unspecified atom stereocenters. The molecule has 2 N–H and O–H groups in total. The van der Waals surface area contributed by atoms with Crippen molar-refractivity contribution >= 4 is 52.3 Å². The molecule has 19 heteroatoms. The van der Waals surface area contributed by atoms with Gasteiger partial charge in [-0.1, -0.05) is 91.8 Å². The van der Waals surface area contributed by atoms with Gasteiger partial charge in [0.25, 0.3) is 5.91 Å². The Kier molecular flexibility index (Phi) is 16.8. The molecule has 3 aromatic rings. The largest absolute Gasteiger partial charge is 0.467 e. The van der Waals surface area contributed by atoms with Gasteiger partial charge >= 0.3 is 24.0 Å². The summed E-state index contributed by atoms with van der Waals surface area (Å²) in [5, 5.41) is 17.5. The third-order valence-corrected chi connectivity index (χ3v) is 27.7. The molecule has 11 atom stereocenters. The maximum Gasteiger partial charge on any atom is 0.410 e. The van der Waals surface area contributed by atoms with Gasteiger partial charge in [0.1, 0.15) is 35.7 Å². The second-order valence-corrected chi connectivity index (χ2v) is 31.8. The van der Waals surface area contributed by atoms with Crippen LogP contribution < -0.4 is 5.32 Å². The third kappa shape index (κ3) is 10.3. The first-order valence-electron chi connectivity index (χ1n) is 27.5. The van der Waals surface area contributed by atoms with Crippen molar-refractivity contribution in [1.82, 2.24) is 10.2 Å². The van der Waals surface area contributed by atoms with E-state index in [0.29, 0.717) is 60.5 Å². The van der Waals surface area contributed by atoms with E-state index in [4.69, 9.17) is 37.0 Å². The maximum atomic E-state index is 16.7. The molecule has 5 aliphatic rings. The van der Waals surface area contributed by atoms with E-state index >= 15 is 9.59 Å². The number of carbonyl (C=O) groups is 6. The van der Waals surface area contributed by atoms with Crippen molar-refractivity contribution in [2.75, 3.05) is 19.7 Å². The minimum absolute atomic E-state index is 0.0874. The van der Waals surface area contributed by atoms with Crippen LogP contribution in [0.5, 0.6) is 0 Å². The molecule has 3 heterocycles. The highest BCUT2D eigenvalue weighted by Gasteiger charge is 2.79. The lowest BCUT2D eigenvalue weighted by Crippen LogP contribution is -2.82. The molecule has 2 aromatic carbocycles. The minimum atomic E-state index is -2.78. The number of hydrogen-bond acceptors (Lipinski definition) is 15. The number of ketones is 1. The summed E-state index contributed by atoms with van der Waals surface area (Å²) in [7, 11) is -5.45. The van der Waals surface area contributed by atoms with Gasteiger partial charge in [0.05, 0.1) is 35.9 Å². The molecule has 2 saturated carbocycles. The molecule has 0 spiro atoms. The fourth-order valence-corrected chi connectivity index (χ4v) is 18.7. The predicted molar refractivity (Wildman–Crippen MR) is 288 cm³/mol. The Morgan fingerprint density at radius 1 is 0.805 bits per heavy atom. The van der Waals surface area contributed by atoms with Crippen LogP contribution in [0.3, 0.4) is 0 Å². The average Bonchev–Trinajstić information content (AvgIpc) is 4.28. The van der Waals surface area contributed by atoms with Crippen molar-refractivity contribution in [1.29, 1.82) is 0 Å². The monoisotopic (exact) mass is 1100 g/mol. The zero-order chi connectivity index (χ0) is 55.9. The second kappa shape index (κ2) is 22.4. The highest BCUT2D eigenvalue weighted by atomic mass is 28.4. The van der Waals surface area contributed by atoms with Crippen molar-refractivity contribution in [2.24, 2.45) is 16.7 Å². The molecule has 2 bridgehead atoms. The normalized spacial score (nSPS) is 29.2. The Bertz CT molecular complexity index is 2670. The summed E-state index contributed by atoms with van der Waals surface area (Å²) in [5.74, 6) is -4.92. The zero-order valence-corrected chi connectivity index (χ0v) is 48.5. The second-order valence-electron chi connectivity index (χ2n) is 22.4. The molecule has 1 aromatic heterocycles. The van der Waals surface area contributed by atoms with E-state index in [0.717, 1.165) is 0 Å². The quantitative estimate of drug-likeness (QED) is 0.0354. The fraction of sp³-hybridized carbons (Fsp3) is 0.586. The van der Waals surface area contributed by atoms with Crippen LogP contribution in [0, 0.1) is 16.7 Å². The lowest BCUT2D eigenvalue weighted by molar-refractivity contribution is -0.340. The summed E-state index contributed by atoms with van der Waals surface area (Å²) < 4.78 is 53.4. The molecule has 2 saturated heterocycles. The van der Waals surface area contributed by atoms with Crippen LogP contribution in [-0.2, 0) is 46.9 Å². The molecule has 4 fully saturated rings. The molecule has 2 amide bonds. The predicted octanol–water partition coefficient (Wildman–Crippen LogP) is 9.28. The van der Waals surface area contributed by atoms with Crippen LogP contribution in [0.4, 0.5) is 4.79 Å². The van der Waals surface area contributed by atoms with E-state index < -0.39 is 129 Å². The summed E-state index contributed by atoms with van der Waals surface area (Å²) in [6.45, 7) is 20.8. The molecule has 3 aliphatic carbocycles. The number of rotatable bonds is 20. The molecule has 0 radical (unpaired) electrons. The first-order chi connectivity index (χ1) is 36.6. The van der Waals surface area contributed by atoms with Crippen molar-refractivity contribution in [3.05, 3.63) is 107 Å². The van der Waals surface area contributed by atoms with Gasteiger partial charge < -0.3 is 52.3 Å². The van der Waals surface area contributed by atoms with E-state index in [2.05, 4.69) is 26.1 Å². The number of amides is 2. The number of furan rings is 1. The highest BCUT2D eigenvalue weighted by Crippen LogP contribution is 2.65. The number of carbonyl (C=O) groups excluding carboxylic acids is 6. The maximum absolute atomic E-state index is 16.7. The highest BCUT2D eigenvalue weighted by molar-refractivity contribution is 6.74. The van der Waals surface area contributed by atoms with Gasteiger partial charge in [-0.05, 0) is 97.7 Å². The SMILES string of the molecule is CC[Si](CC)(CC)O[C@H]1C[C@H]2OC[C@@]2(OC(=O)N2CC2)[C@H]2[C@H](OC(=O)c3ccccc3)[C@]3(O)C[C@H](OC(=O)[C@H](O[Si](CC)(CC)CC)[C@@H](NC(=O)c4ccccc4)c4ccco4)C(C)=C([C@@H](OC(C)=O)C(=O)[C@]12C)C3(C)C. The van der Waals surface area contributed by atoms with Gasteiger partial charge in [0.15, 0.2) is 40.2 Å². The lowest BCUT2D eigenvalue weighted by Gasteiger charge is -2.68. The minimum Gasteiger partial charge on any atom is -0.467 e. The summed E-state index contributed by atoms with van der Waals surface area (Å²) in [6, 6.07) is 22.7. The first kappa shape index (κ1) is 57.7. The van der Waals surface area contributed by atoms with E-state index in [1.807, 2.05) is 20.8 Å². The Balaban J connectivity index is 1.36. The number of aliphatic hydroxyl groups is 1. The van der Waals surface area contributed by atoms with Gasteiger partial charge in [-0.3, -0.25) is 14.4 Å². The molecule has 418 valence electrons. The number of esters is 3. The number of ether oxygens (including phenoxy) is 5. The Labute approximate surface area is 454 Å². The number of hydrogen-bond donors (Lipinski definition) is 2. The van der Waals surface area contributed by atoms with Crippen LogP contribution in [0.25, 0.3) is 0 Å².